The predicted molar refractivity (Wildman–Crippen MR) is 48.5 cm³/mol. The number of rotatable bonds is 1. The molecule has 1 heterocycles. The van der Waals surface area contributed by atoms with Gasteiger partial charge in [-0.15, -0.1) is 0 Å². The van der Waals surface area contributed by atoms with E-state index in [1.54, 1.807) is 0 Å². The van der Waals surface area contributed by atoms with Crippen molar-refractivity contribution in [3.05, 3.63) is 0 Å². The topological polar surface area (TPSA) is 15.3 Å². The zero-order valence-electron chi connectivity index (χ0n) is 5.80. The largest absolute Gasteiger partial charge is 0.410 e. The van der Waals surface area contributed by atoms with Crippen LogP contribution in [0.1, 0.15) is 19.3 Å². The number of nitrogens with one attached hydrogen (secondary N) is 1. The Morgan fingerprint density at radius 1 is 1.30 bits per heavy atom. The number of hydrogen-bond donors (Lipinski definition) is 1. The second kappa shape index (κ2) is 4.05. The molecule has 1 aliphatic rings. The molecule has 0 bridgehead atoms. The van der Waals surface area contributed by atoms with Gasteiger partial charge in [-0.3, -0.25) is 0 Å². The standard InChI is InChI=1S/C6H12N2S2/c9-6(10)7-8-4-2-1-3-5-8/h1-5H2,(H2,7,9,10)/p-1. The minimum atomic E-state index is 0.460. The quantitative estimate of drug-likeness (QED) is 0.468. The first-order chi connectivity index (χ1) is 4.79. The Morgan fingerprint density at radius 3 is 2.40 bits per heavy atom. The first-order valence-electron chi connectivity index (χ1n) is 3.51. The summed E-state index contributed by atoms with van der Waals surface area (Å²) in [7, 11) is 0. The lowest BCUT2D eigenvalue weighted by Crippen LogP contribution is -2.43. The van der Waals surface area contributed by atoms with Gasteiger partial charge in [-0.2, -0.15) is 0 Å². The van der Waals surface area contributed by atoms with Gasteiger partial charge in [0, 0.05) is 13.1 Å². The van der Waals surface area contributed by atoms with Crippen LogP contribution in [0, 0.1) is 0 Å². The van der Waals surface area contributed by atoms with Crippen LogP contribution >= 0.6 is 12.2 Å². The fourth-order valence-corrected chi connectivity index (χ4v) is 1.39. The van der Waals surface area contributed by atoms with E-state index < -0.39 is 0 Å². The maximum Gasteiger partial charge on any atom is 0.0178 e. The van der Waals surface area contributed by atoms with Crippen LogP contribution in [-0.2, 0) is 12.6 Å². The summed E-state index contributed by atoms with van der Waals surface area (Å²) in [4.78, 5) is 0. The van der Waals surface area contributed by atoms with Crippen molar-refractivity contribution in [1.29, 1.82) is 0 Å². The smallest absolute Gasteiger partial charge is 0.0178 e. The summed E-state index contributed by atoms with van der Waals surface area (Å²) in [5.41, 5.74) is 2.96. The van der Waals surface area contributed by atoms with E-state index in [1.165, 1.54) is 19.3 Å². The minimum Gasteiger partial charge on any atom is -0.410 e. The van der Waals surface area contributed by atoms with E-state index in [4.69, 9.17) is 24.8 Å². The monoisotopic (exact) mass is 175 g/mol. The van der Waals surface area contributed by atoms with Crippen molar-refractivity contribution in [2.45, 2.75) is 19.3 Å². The molecule has 4 heteroatoms. The van der Waals surface area contributed by atoms with Gasteiger partial charge >= 0.3 is 0 Å². The molecule has 2 nitrogen and oxygen atoms in total. The predicted octanol–water partition coefficient (Wildman–Crippen LogP) is 0.809. The molecule has 1 aliphatic heterocycles. The average Bonchev–Trinajstić information content (AvgIpc) is 1.88. The van der Waals surface area contributed by atoms with Gasteiger partial charge in [-0.25, -0.2) is 5.01 Å². The van der Waals surface area contributed by atoms with Crippen LogP contribution in [0.2, 0.25) is 0 Å². The van der Waals surface area contributed by atoms with Gasteiger partial charge in [0.1, 0.15) is 0 Å². The van der Waals surface area contributed by atoms with E-state index in [1.807, 2.05) is 0 Å². The first kappa shape index (κ1) is 8.17. The highest BCUT2D eigenvalue weighted by atomic mass is 32.1. The number of thiocarbonyl (C=S) groups is 1. The molecule has 10 heavy (non-hydrogen) atoms. The molecule has 1 N–H and O–H groups in total. The third-order valence-corrected chi connectivity index (χ3v) is 1.79. The van der Waals surface area contributed by atoms with Crippen molar-refractivity contribution in [2.24, 2.45) is 0 Å². The molecule has 0 aliphatic carbocycles. The van der Waals surface area contributed by atoms with Crippen molar-refractivity contribution in [2.75, 3.05) is 13.1 Å². The van der Waals surface area contributed by atoms with Crippen molar-refractivity contribution < 1.29 is 0 Å². The first-order valence-corrected chi connectivity index (χ1v) is 4.33. The van der Waals surface area contributed by atoms with E-state index in [-0.39, 0.29) is 0 Å². The molecule has 0 saturated carbocycles. The van der Waals surface area contributed by atoms with Crippen LogP contribution in [-0.4, -0.2) is 22.4 Å². The molecule has 0 spiro atoms. The lowest BCUT2D eigenvalue weighted by molar-refractivity contribution is 0.197. The summed E-state index contributed by atoms with van der Waals surface area (Å²) < 4.78 is 0.460. The molecule has 0 aromatic carbocycles. The van der Waals surface area contributed by atoms with E-state index in [0.717, 1.165) is 13.1 Å². The molecule has 0 amide bonds. The molecule has 0 radical (unpaired) electrons. The summed E-state index contributed by atoms with van der Waals surface area (Å²) >= 11 is 9.48. The molecule has 0 atom stereocenters. The lowest BCUT2D eigenvalue weighted by Gasteiger charge is -2.29. The number of hydrogen-bond acceptors (Lipinski definition) is 3. The van der Waals surface area contributed by atoms with Crippen LogP contribution in [0.3, 0.4) is 0 Å². The van der Waals surface area contributed by atoms with E-state index in [2.05, 4.69) is 10.4 Å². The lowest BCUT2D eigenvalue weighted by atomic mass is 10.2. The Bertz CT molecular complexity index is 121. The second-order valence-corrected chi connectivity index (χ2v) is 3.52. The summed E-state index contributed by atoms with van der Waals surface area (Å²) in [6.45, 7) is 2.16. The minimum absolute atomic E-state index is 0.460. The fourth-order valence-electron chi connectivity index (χ4n) is 1.13. The molecule has 1 fully saturated rings. The van der Waals surface area contributed by atoms with Gasteiger partial charge < -0.3 is 30.3 Å². The molecular formula is C6H11N2S2-. The van der Waals surface area contributed by atoms with Gasteiger partial charge in [-0.05, 0) is 17.2 Å². The summed E-state index contributed by atoms with van der Waals surface area (Å²) in [5.74, 6) is 0. The van der Waals surface area contributed by atoms with Gasteiger partial charge in [-0.1, -0.05) is 6.42 Å². The highest BCUT2D eigenvalue weighted by molar-refractivity contribution is 8.00. The maximum atomic E-state index is 4.74. The third-order valence-electron chi connectivity index (χ3n) is 1.61. The van der Waals surface area contributed by atoms with Gasteiger partial charge in [0.15, 0.2) is 0 Å². The molecular weight excluding hydrogens is 164 g/mol. The number of nitrogens with zero attached hydrogens (tertiary/aromatic N) is 1. The van der Waals surface area contributed by atoms with Crippen LogP contribution in [0.15, 0.2) is 0 Å². The zero-order valence-corrected chi connectivity index (χ0v) is 7.43. The second-order valence-electron chi connectivity index (χ2n) is 2.45. The Kier molecular flexibility index (Phi) is 3.31. The van der Waals surface area contributed by atoms with Gasteiger partial charge in [0.05, 0.1) is 0 Å². The Labute approximate surface area is 72.4 Å². The molecule has 58 valence electrons. The van der Waals surface area contributed by atoms with Crippen molar-refractivity contribution >= 4 is 29.2 Å². The van der Waals surface area contributed by atoms with Gasteiger partial charge in [0.2, 0.25) is 0 Å². The molecule has 0 aromatic rings. The maximum absolute atomic E-state index is 4.74. The van der Waals surface area contributed by atoms with Crippen molar-refractivity contribution in [3.8, 4) is 0 Å². The molecule has 1 rings (SSSR count). The third kappa shape index (κ3) is 2.77. The van der Waals surface area contributed by atoms with Crippen LogP contribution < -0.4 is 5.43 Å². The van der Waals surface area contributed by atoms with E-state index >= 15 is 0 Å². The Hall–Kier alpha value is 0.0700. The molecule has 1 saturated heterocycles. The van der Waals surface area contributed by atoms with Gasteiger partial charge in [0.25, 0.3) is 0 Å². The Balaban J connectivity index is 2.19. The van der Waals surface area contributed by atoms with Crippen LogP contribution in [0.25, 0.3) is 0 Å². The van der Waals surface area contributed by atoms with Crippen molar-refractivity contribution in [1.82, 2.24) is 10.4 Å². The fraction of sp³-hybridized carbons (Fsp3) is 0.833. The highest BCUT2D eigenvalue weighted by Crippen LogP contribution is 2.05. The summed E-state index contributed by atoms with van der Waals surface area (Å²) in [6.07, 6.45) is 3.85. The molecule has 0 aromatic heterocycles. The van der Waals surface area contributed by atoms with Crippen molar-refractivity contribution in [3.63, 3.8) is 0 Å². The normalized spacial score (nSPS) is 20.4. The molecule has 0 unspecified atom stereocenters. The number of hydrazine groups is 1. The van der Waals surface area contributed by atoms with Crippen LogP contribution in [0.4, 0.5) is 0 Å². The summed E-state index contributed by atoms with van der Waals surface area (Å²) in [5, 5.41) is 2.10. The van der Waals surface area contributed by atoms with Crippen LogP contribution in [0.5, 0.6) is 0 Å². The summed E-state index contributed by atoms with van der Waals surface area (Å²) in [6, 6.07) is 0. The van der Waals surface area contributed by atoms with E-state index in [0.29, 0.717) is 4.32 Å². The number of piperidine rings is 1. The average molecular weight is 175 g/mol. The van der Waals surface area contributed by atoms with E-state index in [9.17, 15) is 0 Å². The zero-order chi connectivity index (χ0) is 7.40. The highest BCUT2D eigenvalue weighted by Gasteiger charge is 2.06. The SMILES string of the molecule is S=C([S-])NN1CCCCC1. The Morgan fingerprint density at radius 2 is 1.90 bits per heavy atom.